The monoisotopic (exact) mass is 516 g/mol. The van der Waals surface area contributed by atoms with Crippen LogP contribution in [0.5, 0.6) is 0 Å². The number of hydrogen-bond acceptors (Lipinski definition) is 5. The summed E-state index contributed by atoms with van der Waals surface area (Å²) in [5.74, 6) is -2.76. The Morgan fingerprint density at radius 3 is 2.14 bits per heavy atom. The Morgan fingerprint density at radius 1 is 1.09 bits per heavy atom. The van der Waals surface area contributed by atoms with Crippen molar-refractivity contribution in [1.82, 2.24) is 5.32 Å². The van der Waals surface area contributed by atoms with E-state index in [1.54, 1.807) is 38.3 Å². The second-order valence-corrected chi connectivity index (χ2v) is 9.74. The summed E-state index contributed by atoms with van der Waals surface area (Å²) in [4.78, 5) is 21.7. The Hall–Kier alpha value is -3.12. The topological polar surface area (TPSA) is 122 Å². The van der Waals surface area contributed by atoms with Gasteiger partial charge < -0.3 is 15.2 Å². The highest BCUT2D eigenvalue weighted by atomic mass is 32.2. The van der Waals surface area contributed by atoms with Crippen LogP contribution in [0, 0.1) is 13.8 Å². The summed E-state index contributed by atoms with van der Waals surface area (Å²) in [7, 11) is -2.08. The van der Waals surface area contributed by atoms with E-state index in [1.165, 1.54) is 0 Å². The zero-order valence-corrected chi connectivity index (χ0v) is 20.2. The highest BCUT2D eigenvalue weighted by molar-refractivity contribution is 7.92. The highest BCUT2D eigenvalue weighted by Gasteiger charge is 2.51. The molecular formula is C23H27F3N2O6S. The number of carboxylic acids is 1. The van der Waals surface area contributed by atoms with Crippen LogP contribution in [0.1, 0.15) is 29.5 Å². The summed E-state index contributed by atoms with van der Waals surface area (Å²) in [6.07, 6.45) is -3.50. The first-order chi connectivity index (χ1) is 16.2. The van der Waals surface area contributed by atoms with Crippen LogP contribution >= 0.6 is 0 Å². The van der Waals surface area contributed by atoms with E-state index >= 15 is 0 Å². The van der Waals surface area contributed by atoms with Gasteiger partial charge in [-0.2, -0.15) is 13.2 Å². The van der Waals surface area contributed by atoms with Gasteiger partial charge in [0.05, 0.1) is 16.9 Å². The van der Waals surface area contributed by atoms with Crippen molar-refractivity contribution in [3.63, 3.8) is 0 Å². The largest absolute Gasteiger partial charge is 0.490 e. The van der Waals surface area contributed by atoms with Crippen LogP contribution in [0.25, 0.3) is 0 Å². The van der Waals surface area contributed by atoms with Gasteiger partial charge >= 0.3 is 12.1 Å². The molecule has 35 heavy (non-hydrogen) atoms. The molecule has 2 aromatic rings. The summed E-state index contributed by atoms with van der Waals surface area (Å²) >= 11 is 0. The number of carbonyl (C=O) groups is 2. The summed E-state index contributed by atoms with van der Waals surface area (Å²) in [6.45, 7) is 4.59. The third-order valence-electron chi connectivity index (χ3n) is 5.34. The predicted octanol–water partition coefficient (Wildman–Crippen LogP) is 3.53. The SMILES string of the molecule is COCCNC(=O)C1(c2ccc(NS(=O)(=O)c3cc(C)ccc3C)cc2)CC1.O=C(O)C(F)(F)F. The molecular weight excluding hydrogens is 489 g/mol. The zero-order chi connectivity index (χ0) is 26.4. The lowest BCUT2D eigenvalue weighted by molar-refractivity contribution is -0.192. The van der Waals surface area contributed by atoms with Crippen LogP contribution < -0.4 is 10.0 Å². The summed E-state index contributed by atoms with van der Waals surface area (Å²) in [6, 6.07) is 12.4. The molecule has 1 fully saturated rings. The Labute approximate surface area is 201 Å². The molecule has 192 valence electrons. The number of aliphatic carboxylic acids is 1. The number of carbonyl (C=O) groups excluding carboxylic acids is 1. The second-order valence-electron chi connectivity index (χ2n) is 8.09. The number of nitrogens with one attached hydrogen (secondary N) is 2. The molecule has 1 saturated carbocycles. The van der Waals surface area contributed by atoms with Crippen LogP contribution in [0.2, 0.25) is 0 Å². The van der Waals surface area contributed by atoms with Gasteiger partial charge in [0.15, 0.2) is 0 Å². The van der Waals surface area contributed by atoms with Gasteiger partial charge in [-0.3, -0.25) is 9.52 Å². The first-order valence-electron chi connectivity index (χ1n) is 10.5. The molecule has 12 heteroatoms. The van der Waals surface area contributed by atoms with Crippen LogP contribution in [0.15, 0.2) is 47.4 Å². The summed E-state index contributed by atoms with van der Waals surface area (Å²) in [5.41, 5.74) is 2.45. The zero-order valence-electron chi connectivity index (χ0n) is 19.4. The average molecular weight is 517 g/mol. The number of halogens is 3. The molecule has 1 amide bonds. The van der Waals surface area contributed by atoms with E-state index in [1.807, 2.05) is 25.1 Å². The summed E-state index contributed by atoms with van der Waals surface area (Å²) in [5, 5.41) is 10.0. The lowest BCUT2D eigenvalue weighted by atomic mass is 9.95. The van der Waals surface area contributed by atoms with Gasteiger partial charge in [0.2, 0.25) is 5.91 Å². The maximum absolute atomic E-state index is 12.7. The highest BCUT2D eigenvalue weighted by Crippen LogP contribution is 2.48. The standard InChI is InChI=1S/C21H26N2O4S.C2HF3O2/c1-15-4-5-16(2)19(14-15)28(25,26)23-18-8-6-17(7-9-18)21(10-11-21)20(24)22-12-13-27-3;3-2(4,5)1(6)7/h4-9,14,23H,10-13H2,1-3H3,(H,22,24);(H,6,7). The molecule has 1 aliphatic carbocycles. The number of methoxy groups -OCH3 is 1. The molecule has 0 saturated heterocycles. The molecule has 0 spiro atoms. The Balaban J connectivity index is 0.000000540. The van der Waals surface area contributed by atoms with E-state index in [4.69, 9.17) is 14.6 Å². The number of aryl methyl sites for hydroxylation is 2. The van der Waals surface area contributed by atoms with Gasteiger partial charge in [-0.25, -0.2) is 13.2 Å². The minimum absolute atomic E-state index is 0.00623. The first kappa shape index (κ1) is 28.1. The minimum atomic E-state index is -5.08. The molecule has 0 unspecified atom stereocenters. The van der Waals surface area contributed by atoms with Crippen molar-refractivity contribution < 1.29 is 41.0 Å². The quantitative estimate of drug-likeness (QED) is 0.462. The van der Waals surface area contributed by atoms with Crippen LogP contribution in [-0.2, 0) is 29.8 Å². The van der Waals surface area contributed by atoms with Crippen LogP contribution in [-0.4, -0.2) is 51.8 Å². The van der Waals surface area contributed by atoms with E-state index in [9.17, 15) is 26.4 Å². The van der Waals surface area contributed by atoms with E-state index < -0.39 is 27.6 Å². The number of ether oxygens (including phenoxy) is 1. The van der Waals surface area contributed by atoms with Gasteiger partial charge in [-0.05, 0) is 61.6 Å². The molecule has 0 radical (unpaired) electrons. The van der Waals surface area contributed by atoms with Gasteiger partial charge in [0.25, 0.3) is 10.0 Å². The van der Waals surface area contributed by atoms with E-state index in [0.717, 1.165) is 24.0 Å². The third kappa shape index (κ3) is 7.43. The molecule has 0 aliphatic heterocycles. The Bertz CT molecular complexity index is 1160. The molecule has 2 aromatic carbocycles. The molecule has 0 aromatic heterocycles. The number of carboxylic acid groups (broad SMARTS) is 1. The van der Waals surface area contributed by atoms with Gasteiger partial charge in [0.1, 0.15) is 0 Å². The number of anilines is 1. The number of sulfonamides is 1. The molecule has 0 atom stereocenters. The number of hydrogen-bond donors (Lipinski definition) is 3. The van der Waals surface area contributed by atoms with Crippen molar-refractivity contribution in [2.24, 2.45) is 0 Å². The van der Waals surface area contributed by atoms with Crippen molar-refractivity contribution in [2.75, 3.05) is 25.0 Å². The van der Waals surface area contributed by atoms with Gasteiger partial charge in [0, 0.05) is 19.3 Å². The average Bonchev–Trinajstić information content (AvgIpc) is 3.57. The lowest BCUT2D eigenvalue weighted by Gasteiger charge is -2.17. The predicted molar refractivity (Wildman–Crippen MR) is 123 cm³/mol. The number of alkyl halides is 3. The second kappa shape index (κ2) is 11.1. The van der Waals surface area contributed by atoms with Crippen molar-refractivity contribution in [3.05, 3.63) is 59.2 Å². The van der Waals surface area contributed by atoms with Crippen molar-refractivity contribution in [2.45, 2.75) is 43.2 Å². The normalized spacial score (nSPS) is 14.3. The molecule has 8 nitrogen and oxygen atoms in total. The third-order valence-corrected chi connectivity index (χ3v) is 6.87. The maximum Gasteiger partial charge on any atom is 0.490 e. The van der Waals surface area contributed by atoms with Crippen molar-refractivity contribution in [1.29, 1.82) is 0 Å². The summed E-state index contributed by atoms with van der Waals surface area (Å²) < 4.78 is 64.8. The minimum Gasteiger partial charge on any atom is -0.475 e. The van der Waals surface area contributed by atoms with Crippen molar-refractivity contribution >= 4 is 27.6 Å². The number of amides is 1. The fourth-order valence-corrected chi connectivity index (χ4v) is 4.66. The van der Waals surface area contributed by atoms with Crippen molar-refractivity contribution in [3.8, 4) is 0 Å². The molecule has 0 heterocycles. The van der Waals surface area contributed by atoms with E-state index in [2.05, 4.69) is 10.0 Å². The first-order valence-corrected chi connectivity index (χ1v) is 12.0. The molecule has 3 N–H and O–H groups in total. The van der Waals surface area contributed by atoms with Gasteiger partial charge in [-0.1, -0.05) is 24.3 Å². The lowest BCUT2D eigenvalue weighted by Crippen LogP contribution is -2.36. The smallest absolute Gasteiger partial charge is 0.475 e. The number of benzene rings is 2. The molecule has 1 aliphatic rings. The van der Waals surface area contributed by atoms with Crippen LogP contribution in [0.4, 0.5) is 18.9 Å². The maximum atomic E-state index is 12.7. The molecule has 3 rings (SSSR count). The van der Waals surface area contributed by atoms with Gasteiger partial charge in [-0.15, -0.1) is 0 Å². The number of rotatable bonds is 8. The van der Waals surface area contributed by atoms with Crippen LogP contribution in [0.3, 0.4) is 0 Å². The van der Waals surface area contributed by atoms with E-state index in [0.29, 0.717) is 24.4 Å². The fraction of sp³-hybridized carbons (Fsp3) is 0.391. The fourth-order valence-electron chi connectivity index (χ4n) is 3.27. The Morgan fingerprint density at radius 2 is 1.66 bits per heavy atom. The van der Waals surface area contributed by atoms with E-state index in [-0.39, 0.29) is 10.8 Å². The molecule has 0 bridgehead atoms. The Kier molecular flexibility index (Phi) is 8.90.